The van der Waals surface area contributed by atoms with Crippen molar-refractivity contribution in [3.63, 3.8) is 0 Å². The molecule has 2 atom stereocenters. The molecule has 1 aromatic heterocycles. The van der Waals surface area contributed by atoms with Gasteiger partial charge in [0.15, 0.2) is 0 Å². The molecule has 1 aliphatic heterocycles. The molecule has 1 saturated heterocycles. The number of amides is 2. The number of hydrogen-bond donors (Lipinski definition) is 5. The van der Waals surface area contributed by atoms with E-state index in [4.69, 9.17) is 21.5 Å². The SMILES string of the molecule is Cc1nc(C(NC(=O)C(=O)Nc2ccc(Cl)cc2)C2CCCN2)sc1CO.O=CO. The lowest BCUT2D eigenvalue weighted by Gasteiger charge is -2.23. The van der Waals surface area contributed by atoms with Gasteiger partial charge in [0.05, 0.1) is 23.2 Å². The van der Waals surface area contributed by atoms with Crippen molar-refractivity contribution in [1.82, 2.24) is 15.6 Å². The molecule has 5 N–H and O–H groups in total. The molecule has 1 aliphatic rings. The maximum absolute atomic E-state index is 12.5. The van der Waals surface area contributed by atoms with Gasteiger partial charge in [0, 0.05) is 16.8 Å². The Bertz CT molecular complexity index is 868. The van der Waals surface area contributed by atoms with Crippen molar-refractivity contribution in [3.8, 4) is 0 Å². The Morgan fingerprint density at radius 3 is 2.57 bits per heavy atom. The van der Waals surface area contributed by atoms with Crippen LogP contribution in [0.5, 0.6) is 0 Å². The van der Waals surface area contributed by atoms with Gasteiger partial charge in [-0.25, -0.2) is 4.98 Å². The van der Waals surface area contributed by atoms with E-state index in [0.717, 1.165) is 30.0 Å². The average molecular weight is 455 g/mol. The van der Waals surface area contributed by atoms with Crippen LogP contribution in [0.1, 0.15) is 34.5 Å². The van der Waals surface area contributed by atoms with Gasteiger partial charge >= 0.3 is 11.8 Å². The minimum atomic E-state index is -0.754. The molecule has 0 bridgehead atoms. The Kier molecular flexibility index (Phi) is 9.18. The summed E-state index contributed by atoms with van der Waals surface area (Å²) in [5.41, 5.74) is 1.23. The third-order valence-corrected chi connectivity index (χ3v) is 5.89. The van der Waals surface area contributed by atoms with Gasteiger partial charge in [0.25, 0.3) is 6.47 Å². The quantitative estimate of drug-likeness (QED) is 0.343. The zero-order valence-corrected chi connectivity index (χ0v) is 17.8. The Balaban J connectivity index is 0.00000101. The molecule has 0 spiro atoms. The first-order valence-corrected chi connectivity index (χ1v) is 10.3. The Morgan fingerprint density at radius 1 is 1.37 bits per heavy atom. The van der Waals surface area contributed by atoms with Crippen molar-refractivity contribution in [2.45, 2.75) is 38.5 Å². The molecule has 30 heavy (non-hydrogen) atoms. The van der Waals surface area contributed by atoms with Crippen LogP contribution in [0.3, 0.4) is 0 Å². The molecule has 2 amide bonds. The van der Waals surface area contributed by atoms with E-state index in [0.29, 0.717) is 15.7 Å². The first-order valence-electron chi connectivity index (χ1n) is 9.15. The van der Waals surface area contributed by atoms with Crippen LogP contribution in [-0.2, 0) is 21.0 Å². The number of carbonyl (C=O) groups is 3. The summed E-state index contributed by atoms with van der Waals surface area (Å²) < 4.78 is 0. The van der Waals surface area contributed by atoms with Gasteiger partial charge in [-0.2, -0.15) is 0 Å². The second kappa shape index (κ2) is 11.6. The second-order valence-corrected chi connectivity index (χ2v) is 7.99. The fourth-order valence-corrected chi connectivity index (χ4v) is 4.16. The van der Waals surface area contributed by atoms with Crippen LogP contribution >= 0.6 is 22.9 Å². The normalized spacial score (nSPS) is 16.2. The molecule has 2 heterocycles. The van der Waals surface area contributed by atoms with Gasteiger partial charge < -0.3 is 26.2 Å². The number of aliphatic hydroxyl groups is 1. The van der Waals surface area contributed by atoms with Crippen molar-refractivity contribution < 1.29 is 24.6 Å². The monoisotopic (exact) mass is 454 g/mol. The Morgan fingerprint density at radius 2 is 2.03 bits per heavy atom. The highest BCUT2D eigenvalue weighted by molar-refractivity contribution is 7.11. The van der Waals surface area contributed by atoms with Crippen LogP contribution in [-0.4, -0.2) is 46.1 Å². The number of nitrogens with one attached hydrogen (secondary N) is 3. The number of aromatic nitrogens is 1. The predicted octanol–water partition coefficient (Wildman–Crippen LogP) is 1.85. The van der Waals surface area contributed by atoms with Gasteiger partial charge in [0.2, 0.25) is 0 Å². The van der Waals surface area contributed by atoms with Crippen molar-refractivity contribution in [1.29, 1.82) is 0 Å². The fraction of sp³-hybridized carbons (Fsp3) is 0.368. The molecule has 1 fully saturated rings. The lowest BCUT2D eigenvalue weighted by Crippen LogP contribution is -2.44. The smallest absolute Gasteiger partial charge is 0.313 e. The maximum atomic E-state index is 12.5. The number of carbonyl (C=O) groups excluding carboxylic acids is 2. The summed E-state index contributed by atoms with van der Waals surface area (Å²) in [6, 6.07) is 6.08. The summed E-state index contributed by atoms with van der Waals surface area (Å²) in [4.78, 5) is 38.3. The van der Waals surface area contributed by atoms with E-state index in [-0.39, 0.29) is 19.1 Å². The third kappa shape index (κ3) is 6.49. The minimum Gasteiger partial charge on any atom is -0.483 e. The van der Waals surface area contributed by atoms with E-state index < -0.39 is 17.9 Å². The van der Waals surface area contributed by atoms with E-state index in [2.05, 4.69) is 20.9 Å². The molecule has 11 heteroatoms. The molecular formula is C19H23ClN4O5S. The molecule has 3 rings (SSSR count). The van der Waals surface area contributed by atoms with Gasteiger partial charge in [-0.3, -0.25) is 14.4 Å². The first kappa shape index (κ1) is 23.7. The largest absolute Gasteiger partial charge is 0.483 e. The number of benzene rings is 1. The van der Waals surface area contributed by atoms with E-state index in [9.17, 15) is 14.7 Å². The molecule has 2 aromatic rings. The molecule has 0 saturated carbocycles. The Hall–Kier alpha value is -2.53. The molecule has 0 aliphatic carbocycles. The van der Waals surface area contributed by atoms with Gasteiger partial charge in [-0.1, -0.05) is 11.6 Å². The summed E-state index contributed by atoms with van der Waals surface area (Å²) in [6.45, 7) is 2.32. The standard InChI is InChI=1S/C18H21ClN4O3S.CH2O2/c1-10-14(9-24)27-18(21-10)15(13-3-2-8-20-13)23-17(26)16(25)22-12-6-4-11(19)5-7-12;2-1-3/h4-7,13,15,20,24H,2-3,8-9H2,1H3,(H,22,25)(H,23,26);1H,(H,2,3). The highest BCUT2D eigenvalue weighted by Gasteiger charge is 2.32. The topological polar surface area (TPSA) is 141 Å². The van der Waals surface area contributed by atoms with E-state index in [1.807, 2.05) is 6.92 Å². The van der Waals surface area contributed by atoms with Crippen LogP contribution in [0, 0.1) is 6.92 Å². The summed E-state index contributed by atoms with van der Waals surface area (Å²) in [7, 11) is 0. The molecule has 0 radical (unpaired) electrons. The fourth-order valence-electron chi connectivity index (χ4n) is 2.99. The highest BCUT2D eigenvalue weighted by atomic mass is 35.5. The average Bonchev–Trinajstić information content (AvgIpc) is 3.38. The van der Waals surface area contributed by atoms with Crippen LogP contribution in [0.4, 0.5) is 5.69 Å². The third-order valence-electron chi connectivity index (χ3n) is 4.41. The molecular weight excluding hydrogens is 432 g/mol. The van der Waals surface area contributed by atoms with Crippen LogP contribution in [0.15, 0.2) is 24.3 Å². The number of halogens is 1. The second-order valence-electron chi connectivity index (χ2n) is 6.44. The number of nitrogens with zero attached hydrogens (tertiary/aromatic N) is 1. The number of thiazole rings is 1. The molecule has 2 unspecified atom stereocenters. The number of aryl methyl sites for hydroxylation is 1. The van der Waals surface area contributed by atoms with Crippen LogP contribution in [0.25, 0.3) is 0 Å². The van der Waals surface area contributed by atoms with Crippen LogP contribution < -0.4 is 16.0 Å². The molecule has 162 valence electrons. The summed E-state index contributed by atoms with van der Waals surface area (Å²) in [5.74, 6) is -1.49. The lowest BCUT2D eigenvalue weighted by atomic mass is 10.1. The first-order chi connectivity index (χ1) is 14.4. The van der Waals surface area contributed by atoms with Crippen molar-refractivity contribution in [2.75, 3.05) is 11.9 Å². The van der Waals surface area contributed by atoms with E-state index in [1.54, 1.807) is 24.3 Å². The number of rotatable bonds is 5. The maximum Gasteiger partial charge on any atom is 0.313 e. The predicted molar refractivity (Wildman–Crippen MR) is 113 cm³/mol. The number of anilines is 1. The van der Waals surface area contributed by atoms with Gasteiger partial charge in [-0.05, 0) is 50.6 Å². The van der Waals surface area contributed by atoms with Crippen molar-refractivity contribution in [3.05, 3.63) is 44.9 Å². The van der Waals surface area contributed by atoms with E-state index in [1.165, 1.54) is 11.3 Å². The lowest BCUT2D eigenvalue weighted by molar-refractivity contribution is -0.136. The minimum absolute atomic E-state index is 0.00521. The van der Waals surface area contributed by atoms with Gasteiger partial charge in [0.1, 0.15) is 5.01 Å². The van der Waals surface area contributed by atoms with E-state index >= 15 is 0 Å². The molecule has 1 aromatic carbocycles. The van der Waals surface area contributed by atoms with Gasteiger partial charge in [-0.15, -0.1) is 11.3 Å². The zero-order chi connectivity index (χ0) is 22.1. The molecule has 9 nitrogen and oxygen atoms in total. The number of aliphatic hydroxyl groups excluding tert-OH is 1. The van der Waals surface area contributed by atoms with Crippen molar-refractivity contribution in [2.24, 2.45) is 0 Å². The van der Waals surface area contributed by atoms with Crippen LogP contribution in [0.2, 0.25) is 5.02 Å². The summed E-state index contributed by atoms with van der Waals surface area (Å²) in [5, 5.41) is 26.2. The number of carboxylic acid groups (broad SMARTS) is 1. The number of hydrogen-bond acceptors (Lipinski definition) is 7. The summed E-state index contributed by atoms with van der Waals surface area (Å²) in [6.07, 6.45) is 1.86. The van der Waals surface area contributed by atoms with Crippen molar-refractivity contribution >= 4 is 46.9 Å². The zero-order valence-electron chi connectivity index (χ0n) is 16.2. The summed E-state index contributed by atoms with van der Waals surface area (Å²) >= 11 is 7.18. The Labute approximate surface area is 182 Å². The highest BCUT2D eigenvalue weighted by Crippen LogP contribution is 2.29.